The number of amides is 3. The minimum atomic E-state index is -0.769. The molecule has 3 unspecified atom stereocenters. The van der Waals surface area contributed by atoms with Crippen LogP contribution in [-0.4, -0.2) is 84.8 Å². The van der Waals surface area contributed by atoms with Gasteiger partial charge in [0.25, 0.3) is 0 Å². The average molecular weight is 596 g/mol. The Morgan fingerprint density at radius 1 is 1.14 bits per heavy atom. The number of thioether (sulfide) groups is 1. The standard InChI is InChI=1S/C34H49N3O4S/c1-9-16-35(20-24-14-12-11-13-15-24)30(39)27-26-19-23(5)34(42-26)28(27)31(40)37(25(21-38)18-22(3)4)29(34)32(41)36(17-10-2)33(6,7)8/h9-15,22-23,25-29,38H,1-2,16-21H2,3-8H3/t23?,25-,26+,27-,28+,29?,34?/m1/s1. The van der Waals surface area contributed by atoms with Crippen LogP contribution < -0.4 is 0 Å². The molecular formula is C34H49N3O4S. The van der Waals surface area contributed by atoms with E-state index in [2.05, 4.69) is 33.9 Å². The zero-order chi connectivity index (χ0) is 31.0. The van der Waals surface area contributed by atoms with Crippen molar-refractivity contribution in [2.75, 3.05) is 19.7 Å². The summed E-state index contributed by atoms with van der Waals surface area (Å²) in [5, 5.41) is 10.6. The number of hydrogen-bond acceptors (Lipinski definition) is 5. The number of benzene rings is 1. The molecular weight excluding hydrogens is 546 g/mol. The van der Waals surface area contributed by atoms with Crippen molar-refractivity contribution in [1.82, 2.24) is 14.7 Å². The summed E-state index contributed by atoms with van der Waals surface area (Å²) >= 11 is 1.68. The molecule has 4 rings (SSSR count). The van der Waals surface area contributed by atoms with Gasteiger partial charge in [-0.15, -0.1) is 24.9 Å². The van der Waals surface area contributed by atoms with Crippen LogP contribution >= 0.6 is 11.8 Å². The number of hydrogen-bond donors (Lipinski definition) is 1. The lowest BCUT2D eigenvalue weighted by molar-refractivity contribution is -0.149. The smallest absolute Gasteiger partial charge is 0.247 e. The van der Waals surface area contributed by atoms with E-state index >= 15 is 0 Å². The minimum absolute atomic E-state index is 0.0513. The van der Waals surface area contributed by atoms with Crippen LogP contribution in [0.25, 0.3) is 0 Å². The Morgan fingerprint density at radius 2 is 1.79 bits per heavy atom. The number of carbonyl (C=O) groups is 3. The van der Waals surface area contributed by atoms with Gasteiger partial charge in [-0.2, -0.15) is 0 Å². The zero-order valence-corrected chi connectivity index (χ0v) is 27.0. The first-order valence-electron chi connectivity index (χ1n) is 15.3. The van der Waals surface area contributed by atoms with Crippen molar-refractivity contribution >= 4 is 29.5 Å². The molecule has 3 saturated heterocycles. The van der Waals surface area contributed by atoms with Gasteiger partial charge in [-0.05, 0) is 51.0 Å². The summed E-state index contributed by atoms with van der Waals surface area (Å²) in [7, 11) is 0. The second kappa shape index (κ2) is 12.6. The highest BCUT2D eigenvalue weighted by Crippen LogP contribution is 2.69. The third kappa shape index (κ3) is 5.57. The maximum Gasteiger partial charge on any atom is 0.247 e. The van der Waals surface area contributed by atoms with Crippen molar-refractivity contribution in [3.8, 4) is 0 Å². The van der Waals surface area contributed by atoms with Gasteiger partial charge in [-0.1, -0.05) is 63.3 Å². The van der Waals surface area contributed by atoms with Crippen molar-refractivity contribution in [2.45, 2.75) is 88.5 Å². The quantitative estimate of drug-likeness (QED) is 0.353. The molecule has 1 N–H and O–H groups in total. The van der Waals surface area contributed by atoms with Crippen LogP contribution in [0, 0.1) is 23.7 Å². The number of nitrogens with zero attached hydrogens (tertiary/aromatic N) is 3. The normalized spacial score (nSPS) is 29.0. The molecule has 8 heteroatoms. The Balaban J connectivity index is 1.82. The van der Waals surface area contributed by atoms with Crippen LogP contribution in [0.1, 0.15) is 59.9 Å². The summed E-state index contributed by atoms with van der Waals surface area (Å²) in [5.41, 5.74) is 0.513. The summed E-state index contributed by atoms with van der Waals surface area (Å²) in [6.45, 7) is 21.0. The van der Waals surface area contributed by atoms with Gasteiger partial charge in [0, 0.05) is 30.4 Å². The molecule has 2 bridgehead atoms. The van der Waals surface area contributed by atoms with Gasteiger partial charge >= 0.3 is 0 Å². The van der Waals surface area contributed by atoms with E-state index in [1.54, 1.807) is 38.6 Å². The maximum atomic E-state index is 14.7. The molecule has 0 aliphatic carbocycles. The predicted molar refractivity (Wildman–Crippen MR) is 170 cm³/mol. The van der Waals surface area contributed by atoms with Crippen LogP contribution in [-0.2, 0) is 20.9 Å². The molecule has 42 heavy (non-hydrogen) atoms. The van der Waals surface area contributed by atoms with Gasteiger partial charge in [-0.25, -0.2) is 0 Å². The van der Waals surface area contributed by atoms with Crippen molar-refractivity contribution in [3.05, 3.63) is 61.2 Å². The molecule has 1 aromatic carbocycles. The maximum absolute atomic E-state index is 14.7. The monoisotopic (exact) mass is 595 g/mol. The Hall–Kier alpha value is -2.58. The molecule has 3 amide bonds. The summed E-state index contributed by atoms with van der Waals surface area (Å²) < 4.78 is -0.749. The van der Waals surface area contributed by atoms with E-state index in [4.69, 9.17) is 0 Å². The van der Waals surface area contributed by atoms with Gasteiger partial charge in [-0.3, -0.25) is 14.4 Å². The number of aliphatic hydroxyl groups excluding tert-OH is 1. The molecule has 3 aliphatic heterocycles. The lowest BCUT2D eigenvalue weighted by Gasteiger charge is -2.45. The van der Waals surface area contributed by atoms with E-state index in [1.807, 2.05) is 51.1 Å². The molecule has 3 heterocycles. The fourth-order valence-corrected chi connectivity index (χ4v) is 10.0. The number of rotatable bonds is 12. The molecule has 1 spiro atoms. The van der Waals surface area contributed by atoms with Crippen molar-refractivity contribution < 1.29 is 19.5 Å². The summed E-state index contributed by atoms with van der Waals surface area (Å²) in [4.78, 5) is 49.2. The lowest BCUT2D eigenvalue weighted by atomic mass is 9.65. The van der Waals surface area contributed by atoms with E-state index in [9.17, 15) is 19.5 Å². The van der Waals surface area contributed by atoms with Crippen LogP contribution in [0.5, 0.6) is 0 Å². The molecule has 7 nitrogen and oxygen atoms in total. The van der Waals surface area contributed by atoms with Crippen LogP contribution in [0.4, 0.5) is 0 Å². The van der Waals surface area contributed by atoms with Crippen LogP contribution in [0.3, 0.4) is 0 Å². The van der Waals surface area contributed by atoms with E-state index in [0.717, 1.165) is 12.0 Å². The third-order valence-electron chi connectivity index (χ3n) is 9.31. The zero-order valence-electron chi connectivity index (χ0n) is 26.2. The van der Waals surface area contributed by atoms with E-state index in [1.165, 1.54) is 0 Å². The van der Waals surface area contributed by atoms with Crippen LogP contribution in [0.15, 0.2) is 55.6 Å². The molecule has 0 aromatic heterocycles. The molecule has 7 atom stereocenters. The summed E-state index contributed by atoms with van der Waals surface area (Å²) in [6, 6.07) is 8.59. The predicted octanol–water partition coefficient (Wildman–Crippen LogP) is 4.76. The fourth-order valence-electron chi connectivity index (χ4n) is 7.61. The second-order valence-corrected chi connectivity index (χ2v) is 15.2. The van der Waals surface area contributed by atoms with Crippen LogP contribution in [0.2, 0.25) is 0 Å². The Labute approximate surface area is 256 Å². The molecule has 0 radical (unpaired) electrons. The first-order chi connectivity index (χ1) is 19.8. The van der Waals surface area contributed by atoms with Crippen molar-refractivity contribution in [3.63, 3.8) is 0 Å². The van der Waals surface area contributed by atoms with Gasteiger partial charge in [0.1, 0.15) is 6.04 Å². The Kier molecular flexibility index (Phi) is 9.68. The van der Waals surface area contributed by atoms with Gasteiger partial charge in [0.15, 0.2) is 0 Å². The highest BCUT2D eigenvalue weighted by atomic mass is 32.2. The highest BCUT2D eigenvalue weighted by molar-refractivity contribution is 8.02. The fraction of sp³-hybridized carbons (Fsp3) is 0.618. The topological polar surface area (TPSA) is 81.2 Å². The molecule has 3 fully saturated rings. The van der Waals surface area contributed by atoms with Gasteiger partial charge < -0.3 is 19.8 Å². The number of aliphatic hydroxyl groups is 1. The second-order valence-electron chi connectivity index (χ2n) is 13.7. The van der Waals surface area contributed by atoms with Crippen molar-refractivity contribution in [1.29, 1.82) is 0 Å². The van der Waals surface area contributed by atoms with E-state index in [-0.39, 0.29) is 41.4 Å². The first-order valence-corrected chi connectivity index (χ1v) is 16.2. The van der Waals surface area contributed by atoms with Gasteiger partial charge in [0.05, 0.1) is 29.2 Å². The van der Waals surface area contributed by atoms with E-state index < -0.39 is 34.2 Å². The molecule has 230 valence electrons. The largest absolute Gasteiger partial charge is 0.394 e. The molecule has 3 aliphatic rings. The Bertz CT molecular complexity index is 1180. The minimum Gasteiger partial charge on any atom is -0.394 e. The number of likely N-dealkylation sites (tertiary alicyclic amines) is 1. The summed E-state index contributed by atoms with van der Waals surface area (Å²) in [5.74, 6) is -1.26. The lowest BCUT2D eigenvalue weighted by Crippen LogP contribution is -2.62. The number of fused-ring (bicyclic) bond motifs is 1. The summed E-state index contributed by atoms with van der Waals surface area (Å²) in [6.07, 6.45) is 4.79. The average Bonchev–Trinajstić information content (AvgIpc) is 3.53. The van der Waals surface area contributed by atoms with Gasteiger partial charge in [0.2, 0.25) is 17.7 Å². The Morgan fingerprint density at radius 3 is 2.33 bits per heavy atom. The first kappa shape index (κ1) is 32.3. The van der Waals surface area contributed by atoms with Crippen molar-refractivity contribution in [2.24, 2.45) is 23.7 Å². The number of carbonyl (C=O) groups excluding carboxylic acids is 3. The third-order valence-corrected chi connectivity index (χ3v) is 11.4. The molecule has 0 saturated carbocycles. The highest BCUT2D eigenvalue weighted by Gasteiger charge is 2.77. The van der Waals surface area contributed by atoms with E-state index in [0.29, 0.717) is 26.1 Å². The SMILES string of the molecule is C=CCN(Cc1ccccc1)C(=O)[C@@H]1[C@@H]2CC(C)C3(S2)C(C(=O)N(CC=C)C(C)(C)C)N([C@@H](CO)CC(C)C)C(=O)[C@H]13. The molecule has 1 aromatic rings.